The fourth-order valence-corrected chi connectivity index (χ4v) is 1.81. The molecular weight excluding hydrogens is 286 g/mol. The van der Waals surface area contributed by atoms with Crippen LogP contribution >= 0.6 is 12.6 Å². The summed E-state index contributed by atoms with van der Waals surface area (Å²) in [7, 11) is 0. The van der Waals surface area contributed by atoms with Crippen LogP contribution in [0.5, 0.6) is 5.75 Å². The van der Waals surface area contributed by atoms with E-state index in [1.165, 1.54) is 12.1 Å². The van der Waals surface area contributed by atoms with E-state index in [0.29, 0.717) is 0 Å². The lowest BCUT2D eigenvalue weighted by molar-refractivity contribution is -0.388. The van der Waals surface area contributed by atoms with E-state index in [4.69, 9.17) is 9.15 Å². The fraction of sp³-hybridized carbons (Fsp3) is 0.167. The molecule has 0 bridgehead atoms. The second-order valence-corrected chi connectivity index (χ2v) is 4.22. The number of ether oxygens (including phenoxy) is 1. The van der Waals surface area contributed by atoms with Crippen molar-refractivity contribution in [3.8, 4) is 5.75 Å². The molecule has 2 rings (SSSR count). The normalized spacial score (nSPS) is 10.4. The van der Waals surface area contributed by atoms with Crippen molar-refractivity contribution < 1.29 is 18.9 Å². The number of rotatable bonds is 4. The molecule has 1 heterocycles. The molecule has 0 aliphatic heterocycles. The first-order valence-corrected chi connectivity index (χ1v) is 6.19. The van der Waals surface area contributed by atoms with Crippen LogP contribution < -0.4 is 10.4 Å². The van der Waals surface area contributed by atoms with Gasteiger partial charge in [0, 0.05) is 5.75 Å². The van der Waals surface area contributed by atoms with Crippen LogP contribution in [-0.2, 0) is 4.79 Å². The smallest absolute Gasteiger partial charge is 0.418 e. The number of benzene rings is 1. The molecule has 1 aromatic heterocycles. The van der Waals surface area contributed by atoms with Crippen LogP contribution in [0.3, 0.4) is 0 Å². The zero-order valence-electron chi connectivity index (χ0n) is 10.1. The van der Waals surface area contributed by atoms with Gasteiger partial charge in [-0.15, -0.1) is 0 Å². The molecule has 2 aromatic rings. The Kier molecular flexibility index (Phi) is 4.04. The maximum absolute atomic E-state index is 11.6. The van der Waals surface area contributed by atoms with Crippen LogP contribution in [0.4, 0.5) is 5.69 Å². The summed E-state index contributed by atoms with van der Waals surface area (Å²) in [5, 5.41) is 11.2. The summed E-state index contributed by atoms with van der Waals surface area (Å²) in [5.74, 6) is -0.876. The Bertz CT molecular complexity index is 738. The van der Waals surface area contributed by atoms with Crippen molar-refractivity contribution in [1.82, 2.24) is 0 Å². The van der Waals surface area contributed by atoms with Crippen LogP contribution in [0.1, 0.15) is 6.42 Å². The highest BCUT2D eigenvalue weighted by atomic mass is 32.1. The number of thiol groups is 1. The molecule has 104 valence electrons. The van der Waals surface area contributed by atoms with E-state index >= 15 is 0 Å². The number of para-hydroxylation sites is 1. The molecule has 8 heteroatoms. The minimum Gasteiger partial charge on any atom is -0.418 e. The number of carbonyl (C=O) groups excluding carboxylic acids is 1. The average molecular weight is 295 g/mol. The van der Waals surface area contributed by atoms with Crippen LogP contribution in [0.2, 0.25) is 0 Å². The molecule has 0 saturated heterocycles. The molecule has 7 nitrogen and oxygen atoms in total. The standard InChI is InChI=1S/C12H9NO6S/c14-9(5-6-20)19-11-7-3-1-2-4-8(7)18-12(15)10(11)13(16)17/h1-4,20H,5-6H2. The molecule has 0 atom stereocenters. The van der Waals surface area contributed by atoms with Gasteiger partial charge in [-0.05, 0) is 12.1 Å². The molecule has 0 amide bonds. The van der Waals surface area contributed by atoms with E-state index in [1.54, 1.807) is 12.1 Å². The monoisotopic (exact) mass is 295 g/mol. The quantitative estimate of drug-likeness (QED) is 0.304. The van der Waals surface area contributed by atoms with Crippen molar-refractivity contribution in [2.45, 2.75) is 6.42 Å². The van der Waals surface area contributed by atoms with E-state index in [1.807, 2.05) is 0 Å². The Balaban J connectivity index is 2.69. The topological polar surface area (TPSA) is 99.6 Å². The number of hydrogen-bond donors (Lipinski definition) is 1. The third-order valence-electron chi connectivity index (χ3n) is 2.46. The summed E-state index contributed by atoms with van der Waals surface area (Å²) in [6.07, 6.45) is -0.0329. The molecule has 0 aliphatic carbocycles. The number of nitro groups is 1. The minimum absolute atomic E-state index is 0.0329. The highest BCUT2D eigenvalue weighted by molar-refractivity contribution is 7.80. The van der Waals surface area contributed by atoms with Crippen molar-refractivity contribution in [2.24, 2.45) is 0 Å². The molecule has 20 heavy (non-hydrogen) atoms. The van der Waals surface area contributed by atoms with Gasteiger partial charge < -0.3 is 9.15 Å². The molecule has 0 N–H and O–H groups in total. The van der Waals surface area contributed by atoms with Crippen molar-refractivity contribution >= 4 is 35.3 Å². The molecule has 0 saturated carbocycles. The van der Waals surface area contributed by atoms with Crippen molar-refractivity contribution in [2.75, 3.05) is 5.75 Å². The number of nitrogens with zero attached hydrogens (tertiary/aromatic N) is 1. The van der Waals surface area contributed by atoms with Gasteiger partial charge in [0.25, 0.3) is 0 Å². The molecule has 0 unspecified atom stereocenters. The lowest BCUT2D eigenvalue weighted by Gasteiger charge is -2.06. The highest BCUT2D eigenvalue weighted by Crippen LogP contribution is 2.32. The molecule has 0 fully saturated rings. The number of fused-ring (bicyclic) bond motifs is 1. The third kappa shape index (κ3) is 2.64. The van der Waals surface area contributed by atoms with Gasteiger partial charge in [-0.1, -0.05) is 12.1 Å². The average Bonchev–Trinajstić information content (AvgIpc) is 2.38. The third-order valence-corrected chi connectivity index (χ3v) is 2.68. The summed E-state index contributed by atoms with van der Waals surface area (Å²) < 4.78 is 9.78. The summed E-state index contributed by atoms with van der Waals surface area (Å²) >= 11 is 3.87. The maximum Gasteiger partial charge on any atom is 0.419 e. The van der Waals surface area contributed by atoms with Crippen molar-refractivity contribution in [3.05, 3.63) is 44.8 Å². The summed E-state index contributed by atoms with van der Waals surface area (Å²) in [6.45, 7) is 0. The Morgan fingerprint density at radius 2 is 2.10 bits per heavy atom. The van der Waals surface area contributed by atoms with E-state index < -0.39 is 28.0 Å². The zero-order valence-corrected chi connectivity index (χ0v) is 11.0. The van der Waals surface area contributed by atoms with E-state index in [0.717, 1.165) is 0 Å². The van der Waals surface area contributed by atoms with Gasteiger partial charge in [0.05, 0.1) is 16.7 Å². The van der Waals surface area contributed by atoms with Crippen LogP contribution in [0.25, 0.3) is 11.0 Å². The van der Waals surface area contributed by atoms with E-state index in [2.05, 4.69) is 12.6 Å². The van der Waals surface area contributed by atoms with Crippen LogP contribution in [0, 0.1) is 10.1 Å². The van der Waals surface area contributed by atoms with Gasteiger partial charge in [-0.25, -0.2) is 4.79 Å². The molecular formula is C12H9NO6S. The summed E-state index contributed by atoms with van der Waals surface area (Å²) in [4.78, 5) is 33.2. The Hall–Kier alpha value is -2.35. The minimum atomic E-state index is -1.16. The van der Waals surface area contributed by atoms with Gasteiger partial charge in [0.15, 0.2) is 0 Å². The second kappa shape index (κ2) is 5.74. The lowest BCUT2D eigenvalue weighted by atomic mass is 10.2. The number of carbonyl (C=O) groups is 1. The Morgan fingerprint density at radius 3 is 2.75 bits per heavy atom. The Morgan fingerprint density at radius 1 is 1.40 bits per heavy atom. The first-order chi connectivity index (χ1) is 9.54. The van der Waals surface area contributed by atoms with E-state index in [-0.39, 0.29) is 23.1 Å². The van der Waals surface area contributed by atoms with Crippen molar-refractivity contribution in [1.29, 1.82) is 0 Å². The number of esters is 1. The predicted molar refractivity (Wildman–Crippen MR) is 73.2 cm³/mol. The van der Waals surface area contributed by atoms with Crippen molar-refractivity contribution in [3.63, 3.8) is 0 Å². The largest absolute Gasteiger partial charge is 0.419 e. The first kappa shape index (κ1) is 14.1. The van der Waals surface area contributed by atoms with Crippen LogP contribution in [-0.4, -0.2) is 16.6 Å². The lowest BCUT2D eigenvalue weighted by Crippen LogP contribution is -2.14. The summed E-state index contributed by atoms with van der Waals surface area (Å²) in [5.41, 5.74) is -1.95. The van der Waals surface area contributed by atoms with Gasteiger partial charge >= 0.3 is 17.3 Å². The predicted octanol–water partition coefficient (Wildman–Crippen LogP) is 1.93. The van der Waals surface area contributed by atoms with Gasteiger partial charge in [0.1, 0.15) is 5.58 Å². The summed E-state index contributed by atoms with van der Waals surface area (Å²) in [6, 6.07) is 6.10. The Labute approximate surface area is 117 Å². The molecule has 0 spiro atoms. The molecule has 0 radical (unpaired) electrons. The van der Waals surface area contributed by atoms with Gasteiger partial charge in [-0.3, -0.25) is 14.9 Å². The zero-order chi connectivity index (χ0) is 14.7. The molecule has 1 aromatic carbocycles. The second-order valence-electron chi connectivity index (χ2n) is 3.77. The first-order valence-electron chi connectivity index (χ1n) is 5.56. The highest BCUT2D eigenvalue weighted by Gasteiger charge is 2.27. The van der Waals surface area contributed by atoms with Crippen LogP contribution in [0.15, 0.2) is 33.5 Å². The van der Waals surface area contributed by atoms with Gasteiger partial charge in [0.2, 0.25) is 5.75 Å². The number of hydrogen-bond acceptors (Lipinski definition) is 7. The SMILES string of the molecule is O=C(CCS)Oc1c([N+](=O)[O-])c(=O)oc2ccccc12. The van der Waals surface area contributed by atoms with E-state index in [9.17, 15) is 19.7 Å². The van der Waals surface area contributed by atoms with Gasteiger partial charge in [-0.2, -0.15) is 12.6 Å². The maximum atomic E-state index is 11.6. The fourth-order valence-electron chi connectivity index (χ4n) is 1.63. The molecule has 0 aliphatic rings.